The van der Waals surface area contributed by atoms with E-state index in [1.807, 2.05) is 19.1 Å². The predicted molar refractivity (Wildman–Crippen MR) is 71.8 cm³/mol. The summed E-state index contributed by atoms with van der Waals surface area (Å²) in [6.07, 6.45) is 0. The van der Waals surface area contributed by atoms with Crippen LogP contribution in [0.1, 0.15) is 18.5 Å². The summed E-state index contributed by atoms with van der Waals surface area (Å²) in [6.45, 7) is 6.83. The highest BCUT2D eigenvalue weighted by Crippen LogP contribution is 2.23. The van der Waals surface area contributed by atoms with Crippen molar-refractivity contribution in [3.8, 4) is 5.75 Å². The van der Waals surface area contributed by atoms with Gasteiger partial charge in [0.05, 0.1) is 19.8 Å². The molecule has 0 amide bonds. The molecule has 1 atom stereocenters. The Morgan fingerprint density at radius 3 is 2.50 bits per heavy atom. The van der Waals surface area contributed by atoms with Gasteiger partial charge in [-0.05, 0) is 24.6 Å². The van der Waals surface area contributed by atoms with Crippen LogP contribution >= 0.6 is 0 Å². The van der Waals surface area contributed by atoms with Gasteiger partial charge in [-0.15, -0.1) is 0 Å². The molecule has 18 heavy (non-hydrogen) atoms. The Bertz CT molecular complexity index is 347. The molecule has 2 N–H and O–H groups in total. The summed E-state index contributed by atoms with van der Waals surface area (Å²) in [6, 6.07) is 8.53. The highest BCUT2D eigenvalue weighted by Gasteiger charge is 2.21. The number of nitrogens with two attached hydrogens (primary N) is 1. The quantitative estimate of drug-likeness (QED) is 0.858. The van der Waals surface area contributed by atoms with E-state index < -0.39 is 0 Å². The van der Waals surface area contributed by atoms with Gasteiger partial charge >= 0.3 is 0 Å². The van der Waals surface area contributed by atoms with Crippen LogP contribution < -0.4 is 10.5 Å². The zero-order valence-electron chi connectivity index (χ0n) is 11.0. The highest BCUT2D eigenvalue weighted by molar-refractivity contribution is 5.29. The number of ether oxygens (including phenoxy) is 2. The number of nitrogens with zero attached hydrogens (tertiary/aromatic N) is 1. The molecule has 0 bridgehead atoms. The smallest absolute Gasteiger partial charge is 0.119 e. The van der Waals surface area contributed by atoms with E-state index in [0.29, 0.717) is 13.2 Å². The van der Waals surface area contributed by atoms with Gasteiger partial charge in [-0.1, -0.05) is 12.1 Å². The van der Waals surface area contributed by atoms with Gasteiger partial charge in [0.25, 0.3) is 0 Å². The largest absolute Gasteiger partial charge is 0.494 e. The molecule has 1 fully saturated rings. The van der Waals surface area contributed by atoms with Crippen molar-refractivity contribution in [2.75, 3.05) is 39.5 Å². The molecule has 0 saturated carbocycles. The maximum Gasteiger partial charge on any atom is 0.119 e. The number of benzene rings is 1. The predicted octanol–water partition coefficient (Wildman–Crippen LogP) is 1.42. The molecule has 1 aromatic rings. The van der Waals surface area contributed by atoms with Crippen molar-refractivity contribution in [2.45, 2.75) is 13.0 Å². The molecular weight excluding hydrogens is 228 g/mol. The highest BCUT2D eigenvalue weighted by atomic mass is 16.5. The van der Waals surface area contributed by atoms with Gasteiger partial charge < -0.3 is 15.2 Å². The lowest BCUT2D eigenvalue weighted by Crippen LogP contribution is -2.41. The minimum atomic E-state index is 0.282. The number of hydrogen-bond acceptors (Lipinski definition) is 4. The molecule has 4 nitrogen and oxygen atoms in total. The van der Waals surface area contributed by atoms with Crippen LogP contribution in [0.3, 0.4) is 0 Å². The van der Waals surface area contributed by atoms with E-state index in [-0.39, 0.29) is 6.04 Å². The van der Waals surface area contributed by atoms with Crippen LogP contribution in [0, 0.1) is 0 Å². The maximum absolute atomic E-state index is 5.92. The van der Waals surface area contributed by atoms with Crippen LogP contribution in [-0.2, 0) is 4.74 Å². The standard InChI is InChI=1S/C14H22N2O2/c1-2-18-13-5-3-12(4-6-13)14(11-15)16-7-9-17-10-8-16/h3-6,14H,2,7-11,15H2,1H3. The molecule has 0 aliphatic carbocycles. The lowest BCUT2D eigenvalue weighted by Gasteiger charge is -2.34. The second kappa shape index (κ2) is 6.73. The maximum atomic E-state index is 5.92. The number of rotatable bonds is 5. The summed E-state index contributed by atoms with van der Waals surface area (Å²) in [5.41, 5.74) is 7.17. The molecule has 0 spiro atoms. The minimum absolute atomic E-state index is 0.282. The van der Waals surface area contributed by atoms with Gasteiger partial charge in [0.2, 0.25) is 0 Å². The van der Waals surface area contributed by atoms with Gasteiger partial charge in [0.1, 0.15) is 5.75 Å². The first kappa shape index (κ1) is 13.3. The van der Waals surface area contributed by atoms with Gasteiger partial charge in [-0.3, -0.25) is 4.90 Å². The molecule has 4 heteroatoms. The molecule has 1 aromatic carbocycles. The molecule has 100 valence electrons. The summed E-state index contributed by atoms with van der Waals surface area (Å²) >= 11 is 0. The van der Waals surface area contributed by atoms with Crippen LogP contribution in [0.25, 0.3) is 0 Å². The van der Waals surface area contributed by atoms with Crippen molar-refractivity contribution in [1.29, 1.82) is 0 Å². The Morgan fingerprint density at radius 1 is 1.28 bits per heavy atom. The van der Waals surface area contributed by atoms with E-state index >= 15 is 0 Å². The van der Waals surface area contributed by atoms with Crippen LogP contribution in [0.15, 0.2) is 24.3 Å². The van der Waals surface area contributed by atoms with E-state index in [1.54, 1.807) is 0 Å². The fourth-order valence-corrected chi connectivity index (χ4v) is 2.34. The van der Waals surface area contributed by atoms with Crippen molar-refractivity contribution < 1.29 is 9.47 Å². The van der Waals surface area contributed by atoms with Crippen molar-refractivity contribution in [3.05, 3.63) is 29.8 Å². The van der Waals surface area contributed by atoms with Crippen molar-refractivity contribution in [2.24, 2.45) is 5.73 Å². The molecule has 1 aliphatic heterocycles. The SMILES string of the molecule is CCOc1ccc(C(CN)N2CCOCC2)cc1. The summed E-state index contributed by atoms with van der Waals surface area (Å²) in [7, 11) is 0. The van der Waals surface area contributed by atoms with Gasteiger partial charge in [-0.2, -0.15) is 0 Å². The summed E-state index contributed by atoms with van der Waals surface area (Å²) in [5, 5.41) is 0. The van der Waals surface area contributed by atoms with Gasteiger partial charge in [0.15, 0.2) is 0 Å². The van der Waals surface area contributed by atoms with E-state index in [2.05, 4.69) is 17.0 Å². The lowest BCUT2D eigenvalue weighted by atomic mass is 10.0. The molecule has 1 unspecified atom stereocenters. The first-order valence-electron chi connectivity index (χ1n) is 6.59. The van der Waals surface area contributed by atoms with E-state index in [1.165, 1.54) is 5.56 Å². The normalized spacial score (nSPS) is 18.6. The second-order valence-electron chi connectivity index (χ2n) is 4.40. The van der Waals surface area contributed by atoms with Crippen LogP contribution in [0.4, 0.5) is 0 Å². The van der Waals surface area contributed by atoms with E-state index in [9.17, 15) is 0 Å². The average molecular weight is 250 g/mol. The first-order valence-corrected chi connectivity index (χ1v) is 6.59. The number of hydrogen-bond donors (Lipinski definition) is 1. The zero-order chi connectivity index (χ0) is 12.8. The van der Waals surface area contributed by atoms with Crippen molar-refractivity contribution in [3.63, 3.8) is 0 Å². The van der Waals surface area contributed by atoms with Crippen LogP contribution in [-0.4, -0.2) is 44.4 Å². The second-order valence-corrected chi connectivity index (χ2v) is 4.40. The Kier molecular flexibility index (Phi) is 4.99. The first-order chi connectivity index (χ1) is 8.85. The summed E-state index contributed by atoms with van der Waals surface area (Å²) < 4.78 is 10.8. The van der Waals surface area contributed by atoms with E-state index in [0.717, 1.165) is 32.1 Å². The van der Waals surface area contributed by atoms with Gasteiger partial charge in [0, 0.05) is 25.7 Å². The van der Waals surface area contributed by atoms with Crippen LogP contribution in [0.2, 0.25) is 0 Å². The molecule has 2 rings (SSSR count). The monoisotopic (exact) mass is 250 g/mol. The fourth-order valence-electron chi connectivity index (χ4n) is 2.34. The zero-order valence-corrected chi connectivity index (χ0v) is 11.0. The molecular formula is C14H22N2O2. The topological polar surface area (TPSA) is 47.7 Å². The Hall–Kier alpha value is -1.10. The van der Waals surface area contributed by atoms with Crippen molar-refractivity contribution in [1.82, 2.24) is 4.90 Å². The summed E-state index contributed by atoms with van der Waals surface area (Å²) in [5.74, 6) is 0.916. The fraction of sp³-hybridized carbons (Fsp3) is 0.571. The Balaban J connectivity index is 2.06. The molecule has 0 aromatic heterocycles. The van der Waals surface area contributed by atoms with Crippen LogP contribution in [0.5, 0.6) is 5.75 Å². The average Bonchev–Trinajstić information content (AvgIpc) is 2.43. The third-order valence-electron chi connectivity index (χ3n) is 3.29. The third kappa shape index (κ3) is 3.22. The number of morpholine rings is 1. The van der Waals surface area contributed by atoms with Crippen molar-refractivity contribution >= 4 is 0 Å². The van der Waals surface area contributed by atoms with E-state index in [4.69, 9.17) is 15.2 Å². The Morgan fingerprint density at radius 2 is 1.94 bits per heavy atom. The molecule has 1 saturated heterocycles. The third-order valence-corrected chi connectivity index (χ3v) is 3.29. The lowest BCUT2D eigenvalue weighted by molar-refractivity contribution is 0.0179. The molecule has 1 heterocycles. The summed E-state index contributed by atoms with van der Waals surface area (Å²) in [4.78, 5) is 2.39. The Labute approximate surface area is 109 Å². The molecule has 0 radical (unpaired) electrons. The minimum Gasteiger partial charge on any atom is -0.494 e. The van der Waals surface area contributed by atoms with Gasteiger partial charge in [-0.25, -0.2) is 0 Å². The molecule has 1 aliphatic rings.